The van der Waals surface area contributed by atoms with Gasteiger partial charge in [-0.05, 0) is 69.1 Å². The highest BCUT2D eigenvalue weighted by molar-refractivity contribution is 7.22. The summed E-state index contributed by atoms with van der Waals surface area (Å²) in [6.07, 6.45) is 8.96. The zero-order valence-electron chi connectivity index (χ0n) is 36.6. The number of carboxylic acid groups (broad SMARTS) is 1. The molecule has 0 saturated carbocycles. The summed E-state index contributed by atoms with van der Waals surface area (Å²) in [5.41, 5.74) is 4.53. The summed E-state index contributed by atoms with van der Waals surface area (Å²) in [5, 5.41) is 20.6. The van der Waals surface area contributed by atoms with Crippen molar-refractivity contribution in [2.75, 3.05) is 5.32 Å². The number of benzene rings is 2. The van der Waals surface area contributed by atoms with E-state index in [1.807, 2.05) is 61.1 Å². The Kier molecular flexibility index (Phi) is 17.5. The number of carbonyl (C=O) groups is 3. The van der Waals surface area contributed by atoms with Crippen molar-refractivity contribution >= 4 is 91.4 Å². The van der Waals surface area contributed by atoms with Gasteiger partial charge in [0.15, 0.2) is 41.5 Å². The van der Waals surface area contributed by atoms with E-state index in [0.29, 0.717) is 41.1 Å². The van der Waals surface area contributed by atoms with Crippen LogP contribution in [0.15, 0.2) is 83.9 Å². The summed E-state index contributed by atoms with van der Waals surface area (Å²) in [4.78, 5) is 66.6. The van der Waals surface area contributed by atoms with Crippen LogP contribution in [0.5, 0.6) is 0 Å². The Morgan fingerprint density at radius 2 is 1.19 bits per heavy atom. The van der Waals surface area contributed by atoms with E-state index in [4.69, 9.17) is 10.1 Å². The van der Waals surface area contributed by atoms with Gasteiger partial charge < -0.3 is 10.4 Å². The van der Waals surface area contributed by atoms with Crippen molar-refractivity contribution in [1.29, 1.82) is 0 Å². The normalized spacial score (nSPS) is 11.0. The van der Waals surface area contributed by atoms with Crippen molar-refractivity contribution in [3.05, 3.63) is 132 Å². The van der Waals surface area contributed by atoms with Gasteiger partial charge in [0.2, 0.25) is 0 Å². The molecule has 8 aromatic rings. The molecule has 8 rings (SSSR count). The van der Waals surface area contributed by atoms with Crippen molar-refractivity contribution in [3.8, 4) is 30.0 Å². The van der Waals surface area contributed by atoms with Gasteiger partial charge in [-0.1, -0.05) is 82.6 Å². The Morgan fingerprint density at radius 1 is 0.641 bits per heavy atom. The van der Waals surface area contributed by atoms with E-state index in [0.717, 1.165) is 69.5 Å². The van der Waals surface area contributed by atoms with Crippen molar-refractivity contribution in [2.45, 2.75) is 80.6 Å². The van der Waals surface area contributed by atoms with Gasteiger partial charge in [0, 0.05) is 61.0 Å². The van der Waals surface area contributed by atoms with Crippen LogP contribution < -0.4 is 5.32 Å². The Morgan fingerprint density at radius 3 is 1.69 bits per heavy atom. The molecule has 0 radical (unpaired) electrons. The molecule has 2 N–H and O–H groups in total. The fourth-order valence-corrected chi connectivity index (χ4v) is 11.8. The van der Waals surface area contributed by atoms with Crippen LogP contribution in [0.3, 0.4) is 0 Å². The zero-order valence-corrected chi connectivity index (χ0v) is 41.5. The van der Waals surface area contributed by atoms with E-state index in [9.17, 15) is 14.4 Å². The first-order chi connectivity index (χ1) is 30.8. The number of aryl methyl sites for hydroxylation is 4. The molecular formula is C47H49N7O4S6. The molecule has 6 heterocycles. The number of hydrogen-bond donors (Lipinski definition) is 2. The highest BCUT2D eigenvalue weighted by atomic mass is 32.1. The number of hydrogen-bond acceptors (Lipinski definition) is 15. The maximum atomic E-state index is 12.9. The molecule has 0 spiro atoms. The van der Waals surface area contributed by atoms with E-state index in [2.05, 4.69) is 89.1 Å². The number of aromatic carboxylic acids is 1. The van der Waals surface area contributed by atoms with Crippen LogP contribution in [-0.2, 0) is 25.7 Å². The summed E-state index contributed by atoms with van der Waals surface area (Å²) in [6, 6.07) is 17.8. The molecule has 0 saturated heterocycles. The average molecular weight is 968 g/mol. The number of rotatable bonds is 15. The second-order valence-corrected chi connectivity index (χ2v) is 21.7. The van der Waals surface area contributed by atoms with Gasteiger partial charge in [0.25, 0.3) is 5.91 Å². The molecule has 0 atom stereocenters. The van der Waals surface area contributed by atoms with Crippen LogP contribution >= 0.6 is 68.0 Å². The number of amides is 1. The highest BCUT2D eigenvalue weighted by Gasteiger charge is 2.23. The number of carbonyl (C=O) groups excluding carboxylic acids is 2. The third kappa shape index (κ3) is 13.4. The average Bonchev–Trinajstić information content (AvgIpc) is 4.12. The minimum Gasteiger partial charge on any atom is -0.476 e. The molecule has 0 fully saturated rings. The summed E-state index contributed by atoms with van der Waals surface area (Å²) < 4.78 is 0. The van der Waals surface area contributed by atoms with Gasteiger partial charge in [-0.2, -0.15) is 0 Å². The Labute approximate surface area is 397 Å². The minimum atomic E-state index is -0.967. The summed E-state index contributed by atoms with van der Waals surface area (Å²) in [5.74, 6) is -0.0401. The lowest BCUT2D eigenvalue weighted by Crippen LogP contribution is -2.14. The number of aromatic nitrogens is 6. The first-order valence-electron chi connectivity index (χ1n) is 20.7. The van der Waals surface area contributed by atoms with E-state index in [-0.39, 0.29) is 17.4 Å². The number of thiazole rings is 6. The third-order valence-electron chi connectivity index (χ3n) is 9.11. The number of nitrogens with zero attached hydrogens (tertiary/aromatic N) is 6. The SMILES string of the molecule is CC(C)Cc1sc(-c2nccs2)nc1C(=O)Nc1ccccc1.CCc1sc(-c2nccs2)nc1C(=O)O.Cc1ccc(CCC(=O)c2nc(-c3ncc(C)s3)sc2CC(C)C)cc1. The molecule has 332 valence electrons. The van der Waals surface area contributed by atoms with Crippen LogP contribution in [0, 0.1) is 25.7 Å². The van der Waals surface area contributed by atoms with Crippen LogP contribution in [0.25, 0.3) is 30.0 Å². The maximum absolute atomic E-state index is 12.9. The first-order valence-corrected chi connectivity index (χ1v) is 25.7. The Hall–Kier alpha value is -5.17. The van der Waals surface area contributed by atoms with Crippen molar-refractivity contribution < 1.29 is 19.5 Å². The van der Waals surface area contributed by atoms with Crippen LogP contribution in [0.1, 0.15) is 103 Å². The molecule has 64 heavy (non-hydrogen) atoms. The first kappa shape index (κ1) is 48.3. The number of carboxylic acids is 1. The smallest absolute Gasteiger partial charge is 0.355 e. The van der Waals surface area contributed by atoms with Crippen molar-refractivity contribution in [3.63, 3.8) is 0 Å². The number of anilines is 1. The van der Waals surface area contributed by atoms with Gasteiger partial charge in [0.1, 0.15) is 11.4 Å². The number of Topliss-reactive ketones (excluding diaryl/α,β-unsaturated/α-hetero) is 1. The van der Waals surface area contributed by atoms with Gasteiger partial charge in [0.05, 0.1) is 0 Å². The number of nitrogens with one attached hydrogen (secondary N) is 1. The second-order valence-electron chi connectivity index (χ2n) is 15.4. The molecule has 1 amide bonds. The Balaban J connectivity index is 0.000000165. The molecule has 6 aromatic heterocycles. The van der Waals surface area contributed by atoms with Gasteiger partial charge >= 0.3 is 5.97 Å². The lowest BCUT2D eigenvalue weighted by molar-refractivity contribution is 0.0689. The lowest BCUT2D eigenvalue weighted by atomic mass is 10.0. The predicted molar refractivity (Wildman–Crippen MR) is 266 cm³/mol. The van der Waals surface area contributed by atoms with Gasteiger partial charge in [-0.15, -0.1) is 68.0 Å². The molecule has 0 bridgehead atoms. The molecule has 2 aromatic carbocycles. The third-order valence-corrected chi connectivity index (χ3v) is 15.4. The van der Waals surface area contributed by atoms with E-state index < -0.39 is 5.97 Å². The predicted octanol–water partition coefficient (Wildman–Crippen LogP) is 13.1. The fraction of sp³-hybridized carbons (Fsp3) is 0.298. The monoisotopic (exact) mass is 967 g/mol. The van der Waals surface area contributed by atoms with Crippen molar-refractivity contribution in [1.82, 2.24) is 29.9 Å². The molecule has 0 aliphatic carbocycles. The topological polar surface area (TPSA) is 161 Å². The summed E-state index contributed by atoms with van der Waals surface area (Å²) in [6.45, 7) is 14.7. The molecular weight excluding hydrogens is 919 g/mol. The number of para-hydroxylation sites is 1. The zero-order chi connectivity index (χ0) is 45.8. The Bertz CT molecular complexity index is 2730. The fourth-order valence-electron chi connectivity index (χ4n) is 6.10. The van der Waals surface area contributed by atoms with Crippen LogP contribution in [0.4, 0.5) is 5.69 Å². The molecule has 11 nitrogen and oxygen atoms in total. The van der Waals surface area contributed by atoms with Crippen LogP contribution in [0.2, 0.25) is 0 Å². The minimum absolute atomic E-state index is 0.136. The maximum Gasteiger partial charge on any atom is 0.355 e. The molecule has 17 heteroatoms. The number of ketones is 1. The second kappa shape index (κ2) is 23.1. The van der Waals surface area contributed by atoms with Crippen LogP contribution in [-0.4, -0.2) is 52.7 Å². The van der Waals surface area contributed by atoms with Gasteiger partial charge in [-0.25, -0.2) is 34.7 Å². The van der Waals surface area contributed by atoms with E-state index >= 15 is 0 Å². The molecule has 0 unspecified atom stereocenters. The highest BCUT2D eigenvalue weighted by Crippen LogP contribution is 2.34. The lowest BCUT2D eigenvalue weighted by Gasteiger charge is -2.06. The summed E-state index contributed by atoms with van der Waals surface area (Å²) >= 11 is 9.22. The van der Waals surface area contributed by atoms with Crippen molar-refractivity contribution in [2.24, 2.45) is 11.8 Å². The standard InChI is InChI=1S/C21H24N2OS2.C17H17N3OS2.C9H8N2O2S2/c1-13(2)11-18-19(23-21(26-18)20-22-12-15(4)25-20)17(24)10-9-16-7-5-14(3)6-8-16;1-11(2)10-13-14(15(21)19-12-6-4-3-5-7-12)20-17(23-13)16-18-8-9-22-16;1-2-5-6(9(12)13)11-8(15-5)7-10-3-4-14-7/h5-8,12-13H,9-11H2,1-4H3;3-9,11H,10H2,1-2H3,(H,19,21);3-4H,2H2,1H3,(H,12,13). The summed E-state index contributed by atoms with van der Waals surface area (Å²) in [7, 11) is 0. The molecule has 0 aliphatic rings. The quantitative estimate of drug-likeness (QED) is 0.0946. The molecule has 0 aliphatic heterocycles. The van der Waals surface area contributed by atoms with Gasteiger partial charge in [-0.3, -0.25) is 9.59 Å². The van der Waals surface area contributed by atoms with E-state index in [1.54, 1.807) is 46.4 Å². The van der Waals surface area contributed by atoms with E-state index in [1.165, 1.54) is 45.1 Å². The largest absolute Gasteiger partial charge is 0.476 e.